The van der Waals surface area contributed by atoms with E-state index >= 15 is 0 Å². The molecule has 2 atom stereocenters. The van der Waals surface area contributed by atoms with Gasteiger partial charge in [0, 0.05) is 6.54 Å². The third kappa shape index (κ3) is 3.71. The van der Waals surface area contributed by atoms with Crippen molar-refractivity contribution >= 4 is 10.0 Å². The first-order chi connectivity index (χ1) is 10.0. The molecule has 1 aliphatic heterocycles. The molecule has 114 valence electrons. The van der Waals surface area contributed by atoms with Crippen LogP contribution in [0, 0.1) is 11.8 Å². The predicted octanol–water partition coefficient (Wildman–Crippen LogP) is 2.75. The molecule has 3 nitrogen and oxygen atoms in total. The van der Waals surface area contributed by atoms with Gasteiger partial charge in [-0.05, 0) is 36.7 Å². The minimum absolute atomic E-state index is 0.0849. The second-order valence-electron chi connectivity index (χ2n) is 6.00. The lowest BCUT2D eigenvalue weighted by atomic mass is 10.1. The minimum Gasteiger partial charge on any atom is -0.212 e. The number of hydrogen-bond acceptors (Lipinski definition) is 2. The number of benzene rings is 1. The molecule has 1 saturated carbocycles. The lowest BCUT2D eigenvalue weighted by molar-refractivity contribution is 0.387. The van der Waals surface area contributed by atoms with Crippen LogP contribution in [0.15, 0.2) is 42.2 Å². The fourth-order valence-electron chi connectivity index (χ4n) is 2.97. The highest BCUT2D eigenvalue weighted by molar-refractivity contribution is 7.89. The van der Waals surface area contributed by atoms with Gasteiger partial charge in [0.05, 0.1) is 12.3 Å². The lowest BCUT2D eigenvalue weighted by Crippen LogP contribution is -2.37. The van der Waals surface area contributed by atoms with Gasteiger partial charge in [0.1, 0.15) is 5.83 Å². The van der Waals surface area contributed by atoms with Crippen molar-refractivity contribution in [1.82, 2.24) is 4.31 Å². The number of hydrogen-bond donors (Lipinski definition) is 0. The monoisotopic (exact) mass is 309 g/mol. The molecular weight excluding hydrogens is 289 g/mol. The fourth-order valence-corrected chi connectivity index (χ4v) is 4.84. The summed E-state index contributed by atoms with van der Waals surface area (Å²) in [6.07, 6.45) is 3.85. The van der Waals surface area contributed by atoms with Gasteiger partial charge < -0.3 is 0 Å². The fraction of sp³-hybridized carbons (Fsp3) is 0.500. The molecule has 2 unspecified atom stereocenters. The Balaban J connectivity index is 1.55. The Labute approximate surface area is 125 Å². The SMILES string of the molecule is O=S(=O)(CC1CC1Cc1ccccc1)N1CCC=C(F)C1. The van der Waals surface area contributed by atoms with Crippen molar-refractivity contribution in [3.63, 3.8) is 0 Å². The van der Waals surface area contributed by atoms with Crippen LogP contribution in [0.3, 0.4) is 0 Å². The van der Waals surface area contributed by atoms with Crippen LogP contribution in [0.5, 0.6) is 0 Å². The summed E-state index contributed by atoms with van der Waals surface area (Å²) >= 11 is 0. The van der Waals surface area contributed by atoms with Gasteiger partial charge in [-0.15, -0.1) is 0 Å². The topological polar surface area (TPSA) is 37.4 Å². The van der Waals surface area contributed by atoms with E-state index in [1.165, 1.54) is 15.9 Å². The number of nitrogens with zero attached hydrogens (tertiary/aromatic N) is 1. The molecule has 1 aliphatic carbocycles. The first-order valence-electron chi connectivity index (χ1n) is 7.41. The van der Waals surface area contributed by atoms with Crippen LogP contribution in [0.1, 0.15) is 18.4 Å². The van der Waals surface area contributed by atoms with Crippen LogP contribution >= 0.6 is 0 Å². The smallest absolute Gasteiger partial charge is 0.212 e. The van der Waals surface area contributed by atoms with Crippen LogP contribution in [-0.4, -0.2) is 31.6 Å². The van der Waals surface area contributed by atoms with E-state index in [1.54, 1.807) is 0 Å². The largest absolute Gasteiger partial charge is 0.214 e. The quantitative estimate of drug-likeness (QED) is 0.839. The maximum Gasteiger partial charge on any atom is 0.214 e. The summed E-state index contributed by atoms with van der Waals surface area (Å²) in [5.74, 6) is 0.510. The zero-order valence-corrected chi connectivity index (χ0v) is 12.7. The van der Waals surface area contributed by atoms with E-state index in [4.69, 9.17) is 0 Å². The van der Waals surface area contributed by atoms with E-state index in [2.05, 4.69) is 12.1 Å². The van der Waals surface area contributed by atoms with Crippen molar-refractivity contribution in [2.24, 2.45) is 11.8 Å². The molecule has 0 aromatic heterocycles. The van der Waals surface area contributed by atoms with Crippen molar-refractivity contribution in [3.8, 4) is 0 Å². The van der Waals surface area contributed by atoms with E-state index in [9.17, 15) is 12.8 Å². The summed E-state index contributed by atoms with van der Waals surface area (Å²) in [5.41, 5.74) is 1.26. The molecular formula is C16H20FNO2S. The van der Waals surface area contributed by atoms with Gasteiger partial charge in [0.15, 0.2) is 0 Å². The zero-order valence-electron chi connectivity index (χ0n) is 11.9. The Bertz CT molecular complexity index is 627. The molecule has 21 heavy (non-hydrogen) atoms. The number of sulfonamides is 1. The first-order valence-corrected chi connectivity index (χ1v) is 9.02. The van der Waals surface area contributed by atoms with Gasteiger partial charge in [-0.25, -0.2) is 12.8 Å². The minimum atomic E-state index is -3.33. The average molecular weight is 309 g/mol. The lowest BCUT2D eigenvalue weighted by Gasteiger charge is -2.23. The second-order valence-corrected chi connectivity index (χ2v) is 8.01. The normalized spacial score (nSPS) is 26.4. The molecule has 0 radical (unpaired) electrons. The summed E-state index contributed by atoms with van der Waals surface area (Å²) in [7, 11) is -3.33. The summed E-state index contributed by atoms with van der Waals surface area (Å²) in [6, 6.07) is 10.2. The summed E-state index contributed by atoms with van der Waals surface area (Å²) < 4.78 is 39.2. The molecule has 0 bridgehead atoms. The van der Waals surface area contributed by atoms with Gasteiger partial charge in [0.2, 0.25) is 10.0 Å². The van der Waals surface area contributed by atoms with Crippen molar-refractivity contribution in [2.75, 3.05) is 18.8 Å². The molecule has 0 saturated heterocycles. The van der Waals surface area contributed by atoms with Gasteiger partial charge >= 0.3 is 0 Å². The van der Waals surface area contributed by atoms with Crippen molar-refractivity contribution in [3.05, 3.63) is 47.8 Å². The van der Waals surface area contributed by atoms with E-state index in [1.807, 2.05) is 18.2 Å². The molecule has 1 aromatic carbocycles. The van der Waals surface area contributed by atoms with E-state index in [-0.39, 0.29) is 24.0 Å². The Hall–Kier alpha value is -1.20. The Morgan fingerprint density at radius 2 is 1.95 bits per heavy atom. The third-order valence-electron chi connectivity index (χ3n) is 4.30. The predicted molar refractivity (Wildman–Crippen MR) is 80.9 cm³/mol. The summed E-state index contributed by atoms with van der Waals surface area (Å²) in [5, 5.41) is 0. The molecule has 1 aromatic rings. The van der Waals surface area contributed by atoms with Crippen molar-refractivity contribution in [1.29, 1.82) is 0 Å². The number of halogens is 1. The molecule has 2 aliphatic rings. The van der Waals surface area contributed by atoms with Gasteiger partial charge in [0.25, 0.3) is 0 Å². The molecule has 5 heteroatoms. The van der Waals surface area contributed by atoms with Gasteiger partial charge in [-0.3, -0.25) is 0 Å². The molecule has 1 heterocycles. The van der Waals surface area contributed by atoms with Crippen LogP contribution in [-0.2, 0) is 16.4 Å². The Morgan fingerprint density at radius 1 is 1.19 bits per heavy atom. The van der Waals surface area contributed by atoms with Crippen LogP contribution in [0.4, 0.5) is 4.39 Å². The molecule has 0 amide bonds. The highest BCUT2D eigenvalue weighted by Gasteiger charge is 2.41. The maximum absolute atomic E-state index is 13.2. The van der Waals surface area contributed by atoms with Crippen molar-refractivity contribution < 1.29 is 12.8 Å². The van der Waals surface area contributed by atoms with E-state index < -0.39 is 10.0 Å². The summed E-state index contributed by atoms with van der Waals surface area (Å²) in [4.78, 5) is 0. The third-order valence-corrected chi connectivity index (χ3v) is 6.25. The van der Waals surface area contributed by atoms with Crippen LogP contribution in [0.2, 0.25) is 0 Å². The summed E-state index contributed by atoms with van der Waals surface area (Å²) in [6.45, 7) is 0.324. The Morgan fingerprint density at radius 3 is 2.67 bits per heavy atom. The van der Waals surface area contributed by atoms with Crippen LogP contribution in [0.25, 0.3) is 0 Å². The maximum atomic E-state index is 13.2. The van der Waals surface area contributed by atoms with Crippen LogP contribution < -0.4 is 0 Å². The average Bonchev–Trinajstić information content (AvgIpc) is 3.16. The molecule has 0 spiro atoms. The standard InChI is InChI=1S/C16H20FNO2S/c17-16-7-4-8-18(11-16)21(19,20)12-15-10-14(15)9-13-5-2-1-3-6-13/h1-3,5-7,14-15H,4,8-12H2. The Kier molecular flexibility index (Phi) is 4.13. The van der Waals surface area contributed by atoms with Gasteiger partial charge in [-0.2, -0.15) is 4.31 Å². The first kappa shape index (κ1) is 14.7. The number of rotatable bonds is 5. The highest BCUT2D eigenvalue weighted by Crippen LogP contribution is 2.42. The van der Waals surface area contributed by atoms with E-state index in [0.29, 0.717) is 18.9 Å². The highest BCUT2D eigenvalue weighted by atomic mass is 32.2. The van der Waals surface area contributed by atoms with E-state index in [0.717, 1.165) is 12.8 Å². The molecule has 3 rings (SSSR count). The van der Waals surface area contributed by atoms with Gasteiger partial charge in [-0.1, -0.05) is 36.4 Å². The molecule has 0 N–H and O–H groups in total. The van der Waals surface area contributed by atoms with Crippen molar-refractivity contribution in [2.45, 2.75) is 19.3 Å². The second kappa shape index (κ2) is 5.89. The molecule has 1 fully saturated rings. The zero-order chi connectivity index (χ0) is 14.9.